The number of rotatable bonds is 6. The summed E-state index contributed by atoms with van der Waals surface area (Å²) >= 11 is 1.73. The maximum Gasteiger partial charge on any atom is 0.123 e. The van der Waals surface area contributed by atoms with Crippen molar-refractivity contribution in [2.24, 2.45) is 0 Å². The van der Waals surface area contributed by atoms with Gasteiger partial charge in [0.15, 0.2) is 0 Å². The highest BCUT2D eigenvalue weighted by atomic mass is 32.1. The Morgan fingerprint density at radius 2 is 2.00 bits per heavy atom. The zero-order valence-electron chi connectivity index (χ0n) is 12.2. The second kappa shape index (κ2) is 6.95. The minimum absolute atomic E-state index is 0.209. The summed E-state index contributed by atoms with van der Waals surface area (Å²) in [6, 6.07) is 7.10. The van der Waals surface area contributed by atoms with Crippen LogP contribution in [0.5, 0.6) is 0 Å². The van der Waals surface area contributed by atoms with E-state index in [0.29, 0.717) is 6.04 Å². The lowest BCUT2D eigenvalue weighted by Crippen LogP contribution is -2.27. The lowest BCUT2D eigenvalue weighted by molar-refractivity contribution is 0.537. The molecule has 0 radical (unpaired) electrons. The molecule has 1 N–H and O–H groups in total. The van der Waals surface area contributed by atoms with E-state index in [1.807, 2.05) is 0 Å². The van der Waals surface area contributed by atoms with Crippen LogP contribution in [-0.2, 0) is 6.42 Å². The van der Waals surface area contributed by atoms with Gasteiger partial charge in [0.2, 0.25) is 0 Å². The lowest BCUT2D eigenvalue weighted by Gasteiger charge is -2.09. The van der Waals surface area contributed by atoms with Gasteiger partial charge in [0, 0.05) is 29.4 Å². The second-order valence-corrected chi connectivity index (χ2v) is 6.32. The zero-order chi connectivity index (χ0) is 14.5. The molecule has 0 bridgehead atoms. The molecule has 1 atom stereocenters. The molecule has 2 nitrogen and oxygen atoms in total. The average molecular weight is 292 g/mol. The molecule has 0 saturated heterocycles. The lowest BCUT2D eigenvalue weighted by atomic mass is 10.1. The molecule has 0 fully saturated rings. The number of benzene rings is 1. The van der Waals surface area contributed by atoms with E-state index in [4.69, 9.17) is 0 Å². The number of halogens is 1. The number of aryl methyl sites for hydroxylation is 1. The zero-order valence-corrected chi connectivity index (χ0v) is 13.1. The third-order valence-electron chi connectivity index (χ3n) is 3.40. The standard InChI is InChI=1S/C16H21FN2S/c1-4-11(2)18-10-9-15-19-16(12(3)20-15)13-5-7-14(17)8-6-13/h5-8,11,18H,4,9-10H2,1-3H3. The molecule has 2 aromatic rings. The van der Waals surface area contributed by atoms with Gasteiger partial charge in [-0.25, -0.2) is 9.37 Å². The van der Waals surface area contributed by atoms with Crippen LogP contribution in [0, 0.1) is 12.7 Å². The quantitative estimate of drug-likeness (QED) is 0.863. The van der Waals surface area contributed by atoms with E-state index >= 15 is 0 Å². The molecule has 0 aliphatic rings. The summed E-state index contributed by atoms with van der Waals surface area (Å²) < 4.78 is 13.0. The predicted molar refractivity (Wildman–Crippen MR) is 83.7 cm³/mol. The summed E-state index contributed by atoms with van der Waals surface area (Å²) in [5.41, 5.74) is 1.97. The third-order valence-corrected chi connectivity index (χ3v) is 4.43. The van der Waals surface area contributed by atoms with Crippen LogP contribution in [0.15, 0.2) is 24.3 Å². The van der Waals surface area contributed by atoms with Gasteiger partial charge in [0.25, 0.3) is 0 Å². The van der Waals surface area contributed by atoms with Crippen LogP contribution in [0.25, 0.3) is 11.3 Å². The van der Waals surface area contributed by atoms with Gasteiger partial charge >= 0.3 is 0 Å². The van der Waals surface area contributed by atoms with Crippen molar-refractivity contribution in [3.63, 3.8) is 0 Å². The summed E-state index contributed by atoms with van der Waals surface area (Å²) in [6.45, 7) is 7.39. The summed E-state index contributed by atoms with van der Waals surface area (Å²) in [6.07, 6.45) is 2.08. The molecule has 0 amide bonds. The number of nitrogens with one attached hydrogen (secondary N) is 1. The molecule has 0 spiro atoms. The van der Waals surface area contributed by atoms with Gasteiger partial charge in [-0.2, -0.15) is 0 Å². The van der Waals surface area contributed by atoms with Crippen molar-refractivity contribution in [1.82, 2.24) is 10.3 Å². The maximum atomic E-state index is 13.0. The number of hydrogen-bond acceptors (Lipinski definition) is 3. The topological polar surface area (TPSA) is 24.9 Å². The van der Waals surface area contributed by atoms with Crippen molar-refractivity contribution >= 4 is 11.3 Å². The highest BCUT2D eigenvalue weighted by Gasteiger charge is 2.10. The van der Waals surface area contributed by atoms with Gasteiger partial charge in [-0.1, -0.05) is 6.92 Å². The van der Waals surface area contributed by atoms with Crippen LogP contribution >= 0.6 is 11.3 Å². The molecular formula is C16H21FN2S. The molecule has 1 unspecified atom stereocenters. The van der Waals surface area contributed by atoms with Crippen molar-refractivity contribution in [2.75, 3.05) is 6.54 Å². The smallest absolute Gasteiger partial charge is 0.123 e. The fraction of sp³-hybridized carbons (Fsp3) is 0.438. The summed E-state index contributed by atoms with van der Waals surface area (Å²) in [5.74, 6) is -0.209. The van der Waals surface area contributed by atoms with Crippen molar-refractivity contribution in [3.8, 4) is 11.3 Å². The van der Waals surface area contributed by atoms with Crippen molar-refractivity contribution in [1.29, 1.82) is 0 Å². The Kier molecular flexibility index (Phi) is 5.26. The first-order valence-electron chi connectivity index (χ1n) is 7.05. The van der Waals surface area contributed by atoms with E-state index in [2.05, 4.69) is 31.1 Å². The van der Waals surface area contributed by atoms with Crippen LogP contribution < -0.4 is 5.32 Å². The van der Waals surface area contributed by atoms with E-state index < -0.39 is 0 Å². The van der Waals surface area contributed by atoms with E-state index in [1.165, 1.54) is 17.0 Å². The third kappa shape index (κ3) is 3.87. The average Bonchev–Trinajstić information content (AvgIpc) is 2.80. The summed E-state index contributed by atoms with van der Waals surface area (Å²) in [5, 5.41) is 4.61. The van der Waals surface area contributed by atoms with Crippen LogP contribution in [0.1, 0.15) is 30.2 Å². The summed E-state index contributed by atoms with van der Waals surface area (Å²) in [4.78, 5) is 5.88. The van der Waals surface area contributed by atoms with Crippen molar-refractivity contribution in [3.05, 3.63) is 40.0 Å². The Morgan fingerprint density at radius 1 is 1.30 bits per heavy atom. The first kappa shape index (κ1) is 15.1. The molecule has 108 valence electrons. The van der Waals surface area contributed by atoms with Gasteiger partial charge in [-0.3, -0.25) is 0 Å². The van der Waals surface area contributed by atoms with Crippen LogP contribution in [0.2, 0.25) is 0 Å². The van der Waals surface area contributed by atoms with Crippen LogP contribution in [0.4, 0.5) is 4.39 Å². The molecule has 0 aliphatic carbocycles. The molecule has 0 saturated carbocycles. The number of aromatic nitrogens is 1. The molecule has 1 heterocycles. The summed E-state index contributed by atoms with van der Waals surface area (Å²) in [7, 11) is 0. The number of nitrogens with zero attached hydrogens (tertiary/aromatic N) is 1. The van der Waals surface area contributed by atoms with Gasteiger partial charge in [-0.05, 0) is 44.5 Å². The van der Waals surface area contributed by atoms with Gasteiger partial charge in [-0.15, -0.1) is 11.3 Å². The molecule has 4 heteroatoms. The SMILES string of the molecule is CCC(C)NCCc1nc(-c2ccc(F)cc2)c(C)s1. The molecule has 20 heavy (non-hydrogen) atoms. The van der Waals surface area contributed by atoms with Gasteiger partial charge < -0.3 is 5.32 Å². The minimum Gasteiger partial charge on any atom is -0.314 e. The van der Waals surface area contributed by atoms with Crippen LogP contribution in [-0.4, -0.2) is 17.6 Å². The predicted octanol–water partition coefficient (Wildman–Crippen LogP) is 4.19. The molecular weight excluding hydrogens is 271 g/mol. The van der Waals surface area contributed by atoms with Crippen molar-refractivity contribution < 1.29 is 4.39 Å². The monoisotopic (exact) mass is 292 g/mol. The van der Waals surface area contributed by atoms with E-state index in [9.17, 15) is 4.39 Å². The second-order valence-electron chi connectivity index (χ2n) is 5.03. The van der Waals surface area contributed by atoms with E-state index in [1.54, 1.807) is 23.5 Å². The highest BCUT2D eigenvalue weighted by Crippen LogP contribution is 2.27. The first-order valence-corrected chi connectivity index (χ1v) is 7.87. The highest BCUT2D eigenvalue weighted by molar-refractivity contribution is 7.12. The minimum atomic E-state index is -0.209. The van der Waals surface area contributed by atoms with E-state index in [-0.39, 0.29) is 5.82 Å². The van der Waals surface area contributed by atoms with Gasteiger partial charge in [0.1, 0.15) is 5.82 Å². The Labute approximate surface area is 124 Å². The molecule has 2 rings (SSSR count). The molecule has 0 aliphatic heterocycles. The normalized spacial score (nSPS) is 12.6. The molecule has 1 aromatic heterocycles. The van der Waals surface area contributed by atoms with Gasteiger partial charge in [0.05, 0.1) is 10.7 Å². The Morgan fingerprint density at radius 3 is 2.65 bits per heavy atom. The maximum absolute atomic E-state index is 13.0. The first-order chi connectivity index (χ1) is 9.60. The largest absolute Gasteiger partial charge is 0.314 e. The number of hydrogen-bond donors (Lipinski definition) is 1. The van der Waals surface area contributed by atoms with E-state index in [0.717, 1.165) is 35.7 Å². The Hall–Kier alpha value is -1.26. The Bertz CT molecular complexity index is 548. The number of thiazole rings is 1. The fourth-order valence-electron chi connectivity index (χ4n) is 2.00. The van der Waals surface area contributed by atoms with Crippen LogP contribution in [0.3, 0.4) is 0 Å². The fourth-order valence-corrected chi connectivity index (χ4v) is 2.96. The van der Waals surface area contributed by atoms with Crippen molar-refractivity contribution in [2.45, 2.75) is 39.7 Å². The Balaban J connectivity index is 2.04. The molecule has 1 aromatic carbocycles.